The van der Waals surface area contributed by atoms with Gasteiger partial charge in [0.05, 0.1) is 5.02 Å². The fourth-order valence-corrected chi connectivity index (χ4v) is 3.39. The molecule has 132 valence electrons. The van der Waals surface area contributed by atoms with Gasteiger partial charge in [-0.1, -0.05) is 32.4 Å². The molecule has 0 aliphatic heterocycles. The number of carbonyl (C=O) groups is 1. The summed E-state index contributed by atoms with van der Waals surface area (Å²) in [6.07, 6.45) is 9.09. The predicted molar refractivity (Wildman–Crippen MR) is 97.0 cm³/mol. The molecule has 3 N–H and O–H groups in total. The molecule has 1 saturated carbocycles. The highest BCUT2D eigenvalue weighted by Gasteiger charge is 2.29. The summed E-state index contributed by atoms with van der Waals surface area (Å²) >= 11 is 6.29. The lowest BCUT2D eigenvalue weighted by atomic mass is 9.71. The maximum absolute atomic E-state index is 11.0. The molecular formula is C18H26ClN3O2. The lowest BCUT2D eigenvalue weighted by molar-refractivity contribution is -0.124. The first-order valence-corrected chi connectivity index (χ1v) is 8.71. The summed E-state index contributed by atoms with van der Waals surface area (Å²) in [5.74, 6) is 0.854. The molecule has 1 aromatic heterocycles. The molecule has 1 aliphatic rings. The van der Waals surface area contributed by atoms with Crippen molar-refractivity contribution in [1.82, 2.24) is 10.5 Å². The number of hydroxylamine groups is 1. The summed E-state index contributed by atoms with van der Waals surface area (Å²) < 4.78 is 0. The van der Waals surface area contributed by atoms with Crippen LogP contribution in [0.4, 0.5) is 5.82 Å². The first-order chi connectivity index (χ1) is 11.3. The molecule has 1 amide bonds. The number of nitrogens with zero attached hydrogens (tertiary/aromatic N) is 1. The minimum Gasteiger partial charge on any atom is -0.366 e. The third-order valence-corrected chi connectivity index (χ3v) is 4.98. The Morgan fingerprint density at radius 1 is 1.33 bits per heavy atom. The summed E-state index contributed by atoms with van der Waals surface area (Å²) in [6.45, 7) is 6.94. The molecular weight excluding hydrogens is 326 g/mol. The van der Waals surface area contributed by atoms with E-state index in [1.165, 1.54) is 24.4 Å². The maximum atomic E-state index is 11.0. The number of amides is 1. The largest absolute Gasteiger partial charge is 0.366 e. The van der Waals surface area contributed by atoms with Crippen LogP contribution in [-0.2, 0) is 4.79 Å². The zero-order chi connectivity index (χ0) is 17.7. The van der Waals surface area contributed by atoms with Crippen LogP contribution in [0.1, 0.15) is 52.0 Å². The van der Waals surface area contributed by atoms with Crippen molar-refractivity contribution in [1.29, 1.82) is 0 Å². The molecule has 0 spiro atoms. The highest BCUT2D eigenvalue weighted by molar-refractivity contribution is 6.33. The second kappa shape index (κ2) is 7.99. The van der Waals surface area contributed by atoms with Crippen LogP contribution >= 0.6 is 11.6 Å². The molecule has 1 heterocycles. The van der Waals surface area contributed by atoms with E-state index in [4.69, 9.17) is 16.8 Å². The molecule has 0 radical (unpaired) electrons. The van der Waals surface area contributed by atoms with E-state index >= 15 is 0 Å². The van der Waals surface area contributed by atoms with Gasteiger partial charge in [-0.3, -0.25) is 10.0 Å². The maximum Gasteiger partial charge on any atom is 0.267 e. The third kappa shape index (κ3) is 5.21. The van der Waals surface area contributed by atoms with E-state index in [1.54, 1.807) is 18.3 Å². The number of hydrogen-bond acceptors (Lipinski definition) is 4. The van der Waals surface area contributed by atoms with E-state index in [1.807, 2.05) is 0 Å². The lowest BCUT2D eigenvalue weighted by Gasteiger charge is -2.37. The Hall–Kier alpha value is -1.59. The monoisotopic (exact) mass is 351 g/mol. The summed E-state index contributed by atoms with van der Waals surface area (Å²) in [5.41, 5.74) is 2.61. The quantitative estimate of drug-likeness (QED) is 0.430. The Balaban J connectivity index is 1.94. The van der Waals surface area contributed by atoms with E-state index in [0.29, 0.717) is 27.9 Å². The van der Waals surface area contributed by atoms with Gasteiger partial charge in [-0.05, 0) is 54.7 Å². The van der Waals surface area contributed by atoms with Crippen molar-refractivity contribution < 1.29 is 10.0 Å². The number of anilines is 1. The summed E-state index contributed by atoms with van der Waals surface area (Å²) in [4.78, 5) is 15.3. The number of nitrogens with one attached hydrogen (secondary N) is 2. The van der Waals surface area contributed by atoms with Gasteiger partial charge < -0.3 is 5.32 Å². The SMILES string of the molecule is CC(C)(C)C1CCC(Nc2ncc(/C=C/C(=O)NO)cc2Cl)CC1. The molecule has 5 nitrogen and oxygen atoms in total. The van der Waals surface area contributed by atoms with Crippen molar-refractivity contribution in [3.05, 3.63) is 28.9 Å². The van der Waals surface area contributed by atoms with E-state index in [0.717, 1.165) is 18.8 Å². The average Bonchev–Trinajstić information content (AvgIpc) is 2.54. The Labute approximate surface area is 148 Å². The van der Waals surface area contributed by atoms with Gasteiger partial charge in [-0.2, -0.15) is 0 Å². The molecule has 0 aromatic carbocycles. The minimum absolute atomic E-state index is 0.371. The minimum atomic E-state index is -0.594. The van der Waals surface area contributed by atoms with E-state index in [-0.39, 0.29) is 0 Å². The van der Waals surface area contributed by atoms with Crippen LogP contribution in [0.5, 0.6) is 0 Å². The van der Waals surface area contributed by atoms with Gasteiger partial charge in [0.2, 0.25) is 0 Å². The fraction of sp³-hybridized carbons (Fsp3) is 0.556. The highest BCUT2D eigenvalue weighted by Crippen LogP contribution is 2.38. The number of hydrogen-bond donors (Lipinski definition) is 3. The van der Waals surface area contributed by atoms with Crippen molar-refractivity contribution in [2.45, 2.75) is 52.5 Å². The standard InChI is InChI=1S/C18H26ClN3O2/c1-18(2,3)13-5-7-14(8-6-13)21-17-15(19)10-12(11-20-17)4-9-16(23)22-24/h4,9-11,13-14,24H,5-8H2,1-3H3,(H,20,21)(H,22,23)/b9-4+. The summed E-state index contributed by atoms with van der Waals surface area (Å²) in [7, 11) is 0. The smallest absolute Gasteiger partial charge is 0.267 e. The number of aromatic nitrogens is 1. The van der Waals surface area contributed by atoms with Crippen molar-refractivity contribution >= 4 is 29.4 Å². The highest BCUT2D eigenvalue weighted by atomic mass is 35.5. The number of pyridine rings is 1. The number of rotatable bonds is 4. The Morgan fingerprint density at radius 3 is 2.54 bits per heavy atom. The molecule has 1 aliphatic carbocycles. The molecule has 6 heteroatoms. The van der Waals surface area contributed by atoms with E-state index in [2.05, 4.69) is 31.1 Å². The molecule has 2 rings (SSSR count). The molecule has 1 fully saturated rings. The van der Waals surface area contributed by atoms with Gasteiger partial charge in [-0.15, -0.1) is 0 Å². The van der Waals surface area contributed by atoms with Crippen molar-refractivity contribution in [3.8, 4) is 0 Å². The van der Waals surface area contributed by atoms with Crippen molar-refractivity contribution in [3.63, 3.8) is 0 Å². The zero-order valence-corrected chi connectivity index (χ0v) is 15.2. The molecule has 1 aromatic rings. The second-order valence-corrected chi connectivity index (χ2v) is 7.87. The van der Waals surface area contributed by atoms with Crippen LogP contribution in [0.3, 0.4) is 0 Å². The van der Waals surface area contributed by atoms with Gasteiger partial charge in [0.25, 0.3) is 5.91 Å². The normalized spacial score (nSPS) is 21.7. The van der Waals surface area contributed by atoms with Gasteiger partial charge in [0.15, 0.2) is 0 Å². The van der Waals surface area contributed by atoms with Gasteiger partial charge in [0, 0.05) is 18.3 Å². The third-order valence-electron chi connectivity index (χ3n) is 4.69. The lowest BCUT2D eigenvalue weighted by Crippen LogP contribution is -2.31. The van der Waals surface area contributed by atoms with Crippen LogP contribution < -0.4 is 10.8 Å². The van der Waals surface area contributed by atoms with Crippen LogP contribution in [0, 0.1) is 11.3 Å². The summed E-state index contributed by atoms with van der Waals surface area (Å²) in [5, 5.41) is 12.4. The van der Waals surface area contributed by atoms with Crippen LogP contribution in [0.25, 0.3) is 6.08 Å². The van der Waals surface area contributed by atoms with Crippen LogP contribution in [0.15, 0.2) is 18.3 Å². The van der Waals surface area contributed by atoms with Crippen LogP contribution in [-0.4, -0.2) is 22.1 Å². The van der Waals surface area contributed by atoms with Crippen molar-refractivity contribution in [2.24, 2.45) is 11.3 Å². The summed E-state index contributed by atoms with van der Waals surface area (Å²) in [6, 6.07) is 2.15. The first kappa shape index (κ1) is 18.7. The fourth-order valence-electron chi connectivity index (χ4n) is 3.16. The van der Waals surface area contributed by atoms with Gasteiger partial charge >= 0.3 is 0 Å². The number of carbonyl (C=O) groups excluding carboxylic acids is 1. The van der Waals surface area contributed by atoms with Crippen LogP contribution in [0.2, 0.25) is 5.02 Å². The Morgan fingerprint density at radius 2 is 2.00 bits per heavy atom. The zero-order valence-electron chi connectivity index (χ0n) is 14.5. The Kier molecular flexibility index (Phi) is 6.24. The average molecular weight is 352 g/mol. The molecule has 0 atom stereocenters. The van der Waals surface area contributed by atoms with E-state index in [9.17, 15) is 4.79 Å². The molecule has 0 bridgehead atoms. The predicted octanol–water partition coefficient (Wildman–Crippen LogP) is 4.27. The number of halogens is 1. The van der Waals surface area contributed by atoms with Gasteiger partial charge in [0.1, 0.15) is 5.82 Å². The topological polar surface area (TPSA) is 74.2 Å². The molecule has 24 heavy (non-hydrogen) atoms. The van der Waals surface area contributed by atoms with Gasteiger partial charge in [-0.25, -0.2) is 10.5 Å². The first-order valence-electron chi connectivity index (χ1n) is 8.34. The molecule has 0 saturated heterocycles. The Bertz CT molecular complexity index is 603. The molecule has 0 unspecified atom stereocenters. The van der Waals surface area contributed by atoms with Crippen molar-refractivity contribution in [2.75, 3.05) is 5.32 Å². The second-order valence-electron chi connectivity index (χ2n) is 7.47. The van der Waals surface area contributed by atoms with E-state index < -0.39 is 5.91 Å².